The first-order chi connectivity index (χ1) is 10.2. The van der Waals surface area contributed by atoms with Crippen LogP contribution in [0.2, 0.25) is 0 Å². The number of rotatable bonds is 3. The molecule has 1 aromatic carbocycles. The number of aryl methyl sites for hydroxylation is 1. The molecule has 0 fully saturated rings. The minimum absolute atomic E-state index is 0.311. The molecule has 5 nitrogen and oxygen atoms in total. The van der Waals surface area contributed by atoms with Crippen molar-refractivity contribution in [2.75, 3.05) is 12.4 Å². The molecule has 0 aliphatic heterocycles. The Balaban J connectivity index is 2.13. The summed E-state index contributed by atoms with van der Waals surface area (Å²) >= 11 is 0. The summed E-state index contributed by atoms with van der Waals surface area (Å²) in [6.45, 7) is 0. The molecule has 3 aromatic rings. The Morgan fingerprint density at radius 1 is 1.14 bits per heavy atom. The summed E-state index contributed by atoms with van der Waals surface area (Å²) in [5.74, 6) is 0.831. The normalized spacial score (nSPS) is 10.6. The molecule has 0 radical (unpaired) electrons. The summed E-state index contributed by atoms with van der Waals surface area (Å²) in [5, 5.41) is 7.14. The van der Waals surface area contributed by atoms with Crippen LogP contribution in [-0.2, 0) is 7.05 Å². The van der Waals surface area contributed by atoms with E-state index in [4.69, 9.17) is 0 Å². The standard InChI is InChI=1S/C15H14FN5/c1-17-14-7-13(11-8-18-21(2)9-11)19-15(20-14)10-4-3-5-12(16)6-10/h3-9H,1-2H3,(H,17,19,20). The second kappa shape index (κ2) is 5.32. The SMILES string of the molecule is CNc1cc(-c2cnn(C)c2)nc(-c2cccc(F)c2)n1. The quantitative estimate of drug-likeness (QED) is 0.803. The van der Waals surface area contributed by atoms with Crippen LogP contribution < -0.4 is 5.32 Å². The molecule has 0 unspecified atom stereocenters. The highest BCUT2D eigenvalue weighted by molar-refractivity contribution is 5.66. The first kappa shape index (κ1) is 13.2. The molecule has 0 aliphatic rings. The van der Waals surface area contributed by atoms with Gasteiger partial charge in [-0.1, -0.05) is 12.1 Å². The van der Waals surface area contributed by atoms with E-state index in [1.54, 1.807) is 30.1 Å². The van der Waals surface area contributed by atoms with Crippen molar-refractivity contribution >= 4 is 5.82 Å². The van der Waals surface area contributed by atoms with Gasteiger partial charge in [-0.25, -0.2) is 14.4 Å². The van der Waals surface area contributed by atoms with Crippen LogP contribution in [-0.4, -0.2) is 26.8 Å². The zero-order chi connectivity index (χ0) is 14.8. The number of benzene rings is 1. The molecule has 21 heavy (non-hydrogen) atoms. The summed E-state index contributed by atoms with van der Waals surface area (Å²) in [5.41, 5.74) is 2.26. The van der Waals surface area contributed by atoms with E-state index in [0.717, 1.165) is 11.3 Å². The van der Waals surface area contributed by atoms with Crippen LogP contribution in [0.4, 0.5) is 10.2 Å². The number of hydrogen-bond donors (Lipinski definition) is 1. The van der Waals surface area contributed by atoms with Gasteiger partial charge in [0.25, 0.3) is 0 Å². The Hall–Kier alpha value is -2.76. The third-order valence-electron chi connectivity index (χ3n) is 3.07. The molecule has 0 spiro atoms. The van der Waals surface area contributed by atoms with E-state index in [1.807, 2.05) is 19.3 Å². The maximum Gasteiger partial charge on any atom is 0.162 e. The van der Waals surface area contributed by atoms with Crippen molar-refractivity contribution in [2.24, 2.45) is 7.05 Å². The molecule has 1 N–H and O–H groups in total. The third kappa shape index (κ3) is 2.74. The number of nitrogens with zero attached hydrogens (tertiary/aromatic N) is 4. The van der Waals surface area contributed by atoms with E-state index < -0.39 is 0 Å². The van der Waals surface area contributed by atoms with Gasteiger partial charge in [0, 0.05) is 37.5 Å². The Kier molecular flexibility index (Phi) is 3.35. The van der Waals surface area contributed by atoms with E-state index in [0.29, 0.717) is 17.2 Å². The Morgan fingerprint density at radius 3 is 2.67 bits per heavy atom. The van der Waals surface area contributed by atoms with Crippen molar-refractivity contribution in [3.8, 4) is 22.6 Å². The van der Waals surface area contributed by atoms with E-state index in [2.05, 4.69) is 20.4 Å². The van der Waals surface area contributed by atoms with Crippen LogP contribution >= 0.6 is 0 Å². The summed E-state index contributed by atoms with van der Waals surface area (Å²) < 4.78 is 15.1. The molecule has 3 rings (SSSR count). The van der Waals surface area contributed by atoms with Crippen molar-refractivity contribution in [3.05, 3.63) is 48.5 Å². The van der Waals surface area contributed by atoms with Gasteiger partial charge in [0.2, 0.25) is 0 Å². The fourth-order valence-electron chi connectivity index (χ4n) is 2.03. The molecule has 0 saturated carbocycles. The minimum Gasteiger partial charge on any atom is -0.373 e. The van der Waals surface area contributed by atoms with E-state index in [1.165, 1.54) is 12.1 Å². The van der Waals surface area contributed by atoms with E-state index in [-0.39, 0.29) is 5.82 Å². The van der Waals surface area contributed by atoms with Gasteiger partial charge in [-0.2, -0.15) is 5.10 Å². The van der Waals surface area contributed by atoms with Crippen molar-refractivity contribution in [1.29, 1.82) is 0 Å². The van der Waals surface area contributed by atoms with Crippen LogP contribution in [0.1, 0.15) is 0 Å². The summed E-state index contributed by atoms with van der Waals surface area (Å²) in [6, 6.07) is 8.07. The molecule has 0 bridgehead atoms. The van der Waals surface area contributed by atoms with Gasteiger partial charge in [0.05, 0.1) is 11.9 Å². The van der Waals surface area contributed by atoms with Crippen LogP contribution in [0.3, 0.4) is 0 Å². The predicted octanol–water partition coefficient (Wildman–Crippen LogP) is 2.72. The van der Waals surface area contributed by atoms with Crippen molar-refractivity contribution in [1.82, 2.24) is 19.7 Å². The van der Waals surface area contributed by atoms with E-state index in [9.17, 15) is 4.39 Å². The van der Waals surface area contributed by atoms with E-state index >= 15 is 0 Å². The molecular formula is C15H14FN5. The fraction of sp³-hybridized carbons (Fsp3) is 0.133. The number of anilines is 1. The van der Waals surface area contributed by atoms with Crippen LogP contribution in [0, 0.1) is 5.82 Å². The van der Waals surface area contributed by atoms with Crippen LogP contribution in [0.5, 0.6) is 0 Å². The zero-order valence-corrected chi connectivity index (χ0v) is 11.7. The van der Waals surface area contributed by atoms with Gasteiger partial charge in [0.15, 0.2) is 5.82 Å². The lowest BCUT2D eigenvalue weighted by Gasteiger charge is -2.07. The first-order valence-electron chi connectivity index (χ1n) is 6.47. The molecule has 2 aromatic heterocycles. The average Bonchev–Trinajstić information content (AvgIpc) is 2.93. The summed E-state index contributed by atoms with van der Waals surface area (Å²) in [7, 11) is 3.63. The minimum atomic E-state index is -0.311. The lowest BCUT2D eigenvalue weighted by molar-refractivity contribution is 0.628. The highest BCUT2D eigenvalue weighted by Crippen LogP contribution is 2.24. The maximum absolute atomic E-state index is 13.4. The Morgan fingerprint density at radius 2 is 2.00 bits per heavy atom. The average molecular weight is 283 g/mol. The Labute approximate surface area is 121 Å². The van der Waals surface area contributed by atoms with Crippen molar-refractivity contribution in [2.45, 2.75) is 0 Å². The van der Waals surface area contributed by atoms with Gasteiger partial charge in [-0.05, 0) is 12.1 Å². The van der Waals surface area contributed by atoms with Crippen molar-refractivity contribution in [3.63, 3.8) is 0 Å². The number of halogens is 1. The van der Waals surface area contributed by atoms with Crippen LogP contribution in [0.25, 0.3) is 22.6 Å². The molecule has 0 amide bonds. The van der Waals surface area contributed by atoms with Gasteiger partial charge < -0.3 is 5.32 Å². The Bertz CT molecular complexity index is 781. The topological polar surface area (TPSA) is 55.6 Å². The second-order valence-electron chi connectivity index (χ2n) is 4.63. The highest BCUT2D eigenvalue weighted by Gasteiger charge is 2.10. The molecular weight excluding hydrogens is 269 g/mol. The van der Waals surface area contributed by atoms with Crippen LogP contribution in [0.15, 0.2) is 42.7 Å². The lowest BCUT2D eigenvalue weighted by Crippen LogP contribution is -1.98. The van der Waals surface area contributed by atoms with Gasteiger partial charge in [-0.15, -0.1) is 0 Å². The van der Waals surface area contributed by atoms with Crippen molar-refractivity contribution < 1.29 is 4.39 Å². The van der Waals surface area contributed by atoms with Gasteiger partial charge in [0.1, 0.15) is 11.6 Å². The molecule has 0 saturated heterocycles. The molecule has 106 valence electrons. The second-order valence-corrected chi connectivity index (χ2v) is 4.63. The fourth-order valence-corrected chi connectivity index (χ4v) is 2.03. The third-order valence-corrected chi connectivity index (χ3v) is 3.07. The monoisotopic (exact) mass is 283 g/mol. The largest absolute Gasteiger partial charge is 0.373 e. The molecule has 0 atom stereocenters. The highest BCUT2D eigenvalue weighted by atomic mass is 19.1. The number of nitrogens with one attached hydrogen (secondary N) is 1. The molecule has 0 aliphatic carbocycles. The van der Waals surface area contributed by atoms with Gasteiger partial charge >= 0.3 is 0 Å². The molecule has 6 heteroatoms. The number of aromatic nitrogens is 4. The maximum atomic E-state index is 13.4. The van der Waals surface area contributed by atoms with Gasteiger partial charge in [-0.3, -0.25) is 4.68 Å². The smallest absolute Gasteiger partial charge is 0.162 e. The zero-order valence-electron chi connectivity index (χ0n) is 11.7. The summed E-state index contributed by atoms with van der Waals surface area (Å²) in [4.78, 5) is 8.88. The lowest BCUT2D eigenvalue weighted by atomic mass is 10.2. The number of hydrogen-bond acceptors (Lipinski definition) is 4. The predicted molar refractivity (Wildman–Crippen MR) is 79.2 cm³/mol. The first-order valence-corrected chi connectivity index (χ1v) is 6.47. The molecule has 2 heterocycles. The summed E-state index contributed by atoms with van der Waals surface area (Å²) in [6.07, 6.45) is 3.61.